The highest BCUT2D eigenvalue weighted by atomic mass is 16.3. The molecule has 0 spiro atoms. The van der Waals surface area contributed by atoms with Crippen LogP contribution in [0.1, 0.15) is 68.6 Å². The van der Waals surface area contributed by atoms with Gasteiger partial charge >= 0.3 is 0 Å². The summed E-state index contributed by atoms with van der Waals surface area (Å²) in [5, 5.41) is 8.54. The summed E-state index contributed by atoms with van der Waals surface area (Å²) in [6.07, 6.45) is 2.37. The highest BCUT2D eigenvalue weighted by Gasteiger charge is 2.36. The fraction of sp³-hybridized carbons (Fsp3) is 0.632. The van der Waals surface area contributed by atoms with Crippen LogP contribution >= 0.6 is 0 Å². The minimum Gasteiger partial charge on any atom is -0.466 e. The summed E-state index contributed by atoms with van der Waals surface area (Å²) in [6.45, 7) is 8.56. The SMILES string of the molecule is CC(C)c1nnc2n1CCN(C(=O)CCc1ccc([C@@H]3C[C@H]3C)o1)C2. The van der Waals surface area contributed by atoms with Crippen molar-refractivity contribution in [3.63, 3.8) is 0 Å². The van der Waals surface area contributed by atoms with Crippen LogP contribution < -0.4 is 0 Å². The number of furan rings is 1. The van der Waals surface area contributed by atoms with Gasteiger partial charge < -0.3 is 13.9 Å². The Labute approximate surface area is 148 Å². The van der Waals surface area contributed by atoms with Crippen molar-refractivity contribution in [2.24, 2.45) is 5.92 Å². The van der Waals surface area contributed by atoms with Gasteiger partial charge in [0.05, 0.1) is 6.54 Å². The number of hydrogen-bond donors (Lipinski definition) is 0. The number of aromatic nitrogens is 3. The van der Waals surface area contributed by atoms with Gasteiger partial charge in [-0.2, -0.15) is 0 Å². The molecule has 0 radical (unpaired) electrons. The van der Waals surface area contributed by atoms with Crippen molar-refractivity contribution >= 4 is 5.91 Å². The number of amides is 1. The Bertz CT molecular complexity index is 776. The average Bonchev–Trinajstić information content (AvgIpc) is 3.03. The van der Waals surface area contributed by atoms with Crippen molar-refractivity contribution in [3.8, 4) is 0 Å². The third kappa shape index (κ3) is 3.22. The number of hydrogen-bond acceptors (Lipinski definition) is 4. The van der Waals surface area contributed by atoms with Gasteiger partial charge in [-0.1, -0.05) is 20.8 Å². The minimum atomic E-state index is 0.165. The minimum absolute atomic E-state index is 0.165. The van der Waals surface area contributed by atoms with Crippen molar-refractivity contribution in [1.82, 2.24) is 19.7 Å². The van der Waals surface area contributed by atoms with Crippen LogP contribution in [0.5, 0.6) is 0 Å². The topological polar surface area (TPSA) is 64.2 Å². The highest BCUT2D eigenvalue weighted by Crippen LogP contribution is 2.47. The first-order valence-electron chi connectivity index (χ1n) is 9.31. The van der Waals surface area contributed by atoms with Crippen LogP contribution in [0.2, 0.25) is 0 Å². The van der Waals surface area contributed by atoms with Gasteiger partial charge in [-0.25, -0.2) is 0 Å². The summed E-state index contributed by atoms with van der Waals surface area (Å²) in [5.41, 5.74) is 0. The molecule has 1 aliphatic carbocycles. The molecule has 1 aliphatic heterocycles. The summed E-state index contributed by atoms with van der Waals surface area (Å²) in [7, 11) is 0. The van der Waals surface area contributed by atoms with Gasteiger partial charge in [0.15, 0.2) is 5.82 Å². The summed E-state index contributed by atoms with van der Waals surface area (Å²) in [6, 6.07) is 4.10. The normalized spacial score (nSPS) is 22.3. The Morgan fingerprint density at radius 2 is 2.12 bits per heavy atom. The molecule has 4 rings (SSSR count). The van der Waals surface area contributed by atoms with E-state index in [9.17, 15) is 4.79 Å². The molecular weight excluding hydrogens is 316 g/mol. The van der Waals surface area contributed by atoms with Gasteiger partial charge in [0.25, 0.3) is 0 Å². The van der Waals surface area contributed by atoms with Gasteiger partial charge in [-0.05, 0) is 24.5 Å². The van der Waals surface area contributed by atoms with Gasteiger partial charge in [0, 0.05) is 37.8 Å². The molecule has 6 nitrogen and oxygen atoms in total. The van der Waals surface area contributed by atoms with E-state index in [1.165, 1.54) is 6.42 Å². The molecule has 1 fully saturated rings. The Kier molecular flexibility index (Phi) is 4.13. The molecule has 2 aromatic heterocycles. The second-order valence-electron chi connectivity index (χ2n) is 7.72. The largest absolute Gasteiger partial charge is 0.466 e. The fourth-order valence-electron chi connectivity index (χ4n) is 3.66. The maximum Gasteiger partial charge on any atom is 0.223 e. The molecule has 0 unspecified atom stereocenters. The smallest absolute Gasteiger partial charge is 0.223 e. The molecule has 2 atom stereocenters. The van der Waals surface area contributed by atoms with Crippen LogP contribution in [-0.4, -0.2) is 32.1 Å². The van der Waals surface area contributed by atoms with Crippen molar-refractivity contribution in [2.45, 2.75) is 65.0 Å². The fourth-order valence-corrected chi connectivity index (χ4v) is 3.66. The van der Waals surface area contributed by atoms with E-state index < -0.39 is 0 Å². The van der Waals surface area contributed by atoms with Crippen LogP contribution in [0.4, 0.5) is 0 Å². The third-order valence-electron chi connectivity index (χ3n) is 5.39. The Balaban J connectivity index is 1.33. The maximum atomic E-state index is 12.6. The number of aryl methyl sites for hydroxylation is 1. The molecule has 0 saturated heterocycles. The zero-order valence-electron chi connectivity index (χ0n) is 15.2. The van der Waals surface area contributed by atoms with E-state index in [4.69, 9.17) is 4.42 Å². The number of carbonyl (C=O) groups is 1. The zero-order valence-corrected chi connectivity index (χ0v) is 15.2. The standard InChI is InChI=1S/C19H26N4O2/c1-12(2)19-21-20-17-11-22(8-9-23(17)19)18(24)7-5-14-4-6-16(25-14)15-10-13(15)3/h4,6,12-13,15H,5,7-11H2,1-3H3/t13-,15-/m1/s1. The predicted molar refractivity (Wildman–Crippen MR) is 93.1 cm³/mol. The second-order valence-corrected chi connectivity index (χ2v) is 7.72. The summed E-state index contributed by atoms with van der Waals surface area (Å²) in [4.78, 5) is 14.4. The van der Waals surface area contributed by atoms with Gasteiger partial charge in [-0.3, -0.25) is 4.79 Å². The molecule has 1 amide bonds. The lowest BCUT2D eigenvalue weighted by molar-refractivity contribution is -0.132. The van der Waals surface area contributed by atoms with E-state index in [0.717, 1.165) is 42.2 Å². The lowest BCUT2D eigenvalue weighted by Crippen LogP contribution is -2.39. The van der Waals surface area contributed by atoms with Crippen LogP contribution in [0.15, 0.2) is 16.5 Å². The van der Waals surface area contributed by atoms with E-state index >= 15 is 0 Å². The summed E-state index contributed by atoms with van der Waals surface area (Å²) < 4.78 is 8.06. The van der Waals surface area contributed by atoms with Crippen LogP contribution in [-0.2, 0) is 24.3 Å². The molecule has 2 aliphatic rings. The van der Waals surface area contributed by atoms with E-state index in [1.807, 2.05) is 11.0 Å². The molecule has 0 aromatic carbocycles. The van der Waals surface area contributed by atoms with Crippen molar-refractivity contribution in [3.05, 3.63) is 35.3 Å². The van der Waals surface area contributed by atoms with Crippen LogP contribution in [0.25, 0.3) is 0 Å². The van der Waals surface area contributed by atoms with E-state index in [-0.39, 0.29) is 5.91 Å². The first-order chi connectivity index (χ1) is 12.0. The highest BCUT2D eigenvalue weighted by molar-refractivity contribution is 5.76. The van der Waals surface area contributed by atoms with Crippen molar-refractivity contribution < 1.29 is 9.21 Å². The van der Waals surface area contributed by atoms with E-state index in [2.05, 4.69) is 41.6 Å². The molecule has 0 N–H and O–H groups in total. The quantitative estimate of drug-likeness (QED) is 0.837. The van der Waals surface area contributed by atoms with Crippen molar-refractivity contribution in [1.29, 1.82) is 0 Å². The molecular formula is C19H26N4O2. The predicted octanol–water partition coefficient (Wildman–Crippen LogP) is 3.09. The van der Waals surface area contributed by atoms with E-state index in [1.54, 1.807) is 0 Å². The monoisotopic (exact) mass is 342 g/mol. The lowest BCUT2D eigenvalue weighted by atomic mass is 10.2. The number of nitrogens with zero attached hydrogens (tertiary/aromatic N) is 4. The first-order valence-corrected chi connectivity index (χ1v) is 9.31. The Morgan fingerprint density at radius 3 is 2.84 bits per heavy atom. The number of fused-ring (bicyclic) bond motifs is 1. The summed E-state index contributed by atoms with van der Waals surface area (Å²) in [5.74, 6) is 5.76. The third-order valence-corrected chi connectivity index (χ3v) is 5.39. The molecule has 2 aromatic rings. The summed E-state index contributed by atoms with van der Waals surface area (Å²) >= 11 is 0. The number of carbonyl (C=O) groups excluding carboxylic acids is 1. The lowest BCUT2D eigenvalue weighted by Gasteiger charge is -2.28. The Hall–Kier alpha value is -2.11. The van der Waals surface area contributed by atoms with Crippen molar-refractivity contribution in [2.75, 3.05) is 6.54 Å². The number of rotatable bonds is 5. The molecule has 6 heteroatoms. The van der Waals surface area contributed by atoms with Gasteiger partial charge in [-0.15, -0.1) is 10.2 Å². The molecule has 25 heavy (non-hydrogen) atoms. The molecule has 134 valence electrons. The van der Waals surface area contributed by atoms with Crippen LogP contribution in [0, 0.1) is 5.92 Å². The Morgan fingerprint density at radius 1 is 1.32 bits per heavy atom. The van der Waals surface area contributed by atoms with Crippen LogP contribution in [0.3, 0.4) is 0 Å². The average molecular weight is 342 g/mol. The molecule has 3 heterocycles. The second kappa shape index (κ2) is 6.32. The first kappa shape index (κ1) is 16.4. The zero-order chi connectivity index (χ0) is 17.6. The van der Waals surface area contributed by atoms with Gasteiger partial charge in [0.1, 0.15) is 17.3 Å². The molecule has 1 saturated carbocycles. The van der Waals surface area contributed by atoms with E-state index in [0.29, 0.717) is 31.2 Å². The van der Waals surface area contributed by atoms with Gasteiger partial charge in [0.2, 0.25) is 5.91 Å². The molecule has 0 bridgehead atoms. The maximum absolute atomic E-state index is 12.6.